The first-order valence-corrected chi connectivity index (χ1v) is 8.58. The van der Waals surface area contributed by atoms with Crippen LogP contribution in [-0.2, 0) is 0 Å². The molecule has 0 radical (unpaired) electrons. The van der Waals surface area contributed by atoms with E-state index in [2.05, 4.69) is 32.1 Å². The molecule has 2 heterocycles. The molecule has 130 valence electrons. The minimum absolute atomic E-state index is 0.103. The standard InChI is InChI=1S/C18H20ClN5O/c1-11-2-3-12(9-21-11)5-7-15-16(19)23-18(20)24-17(15)22-14-6-4-13(8-14)10-25/h2-3,9,13-14,25H,4,6,8,10H2,1H3,(H3,20,22,23,24). The van der Waals surface area contributed by atoms with E-state index in [0.717, 1.165) is 30.5 Å². The third-order valence-corrected chi connectivity index (χ3v) is 4.54. The number of aromatic nitrogens is 3. The van der Waals surface area contributed by atoms with Gasteiger partial charge in [0.2, 0.25) is 5.95 Å². The molecular formula is C18H20ClN5O. The molecule has 2 aromatic heterocycles. The lowest BCUT2D eigenvalue weighted by molar-refractivity contribution is 0.229. The maximum atomic E-state index is 9.30. The molecule has 6 nitrogen and oxygen atoms in total. The minimum atomic E-state index is 0.103. The average molecular weight is 358 g/mol. The van der Waals surface area contributed by atoms with E-state index in [9.17, 15) is 5.11 Å². The third-order valence-electron chi connectivity index (χ3n) is 4.27. The normalized spacial score (nSPS) is 19.3. The molecule has 0 aliphatic heterocycles. The predicted molar refractivity (Wildman–Crippen MR) is 98.2 cm³/mol. The molecule has 0 amide bonds. The smallest absolute Gasteiger partial charge is 0.223 e. The summed E-state index contributed by atoms with van der Waals surface area (Å²) in [5, 5.41) is 12.9. The number of aliphatic hydroxyl groups is 1. The van der Waals surface area contributed by atoms with Crippen LogP contribution in [0.3, 0.4) is 0 Å². The molecular weight excluding hydrogens is 338 g/mol. The summed E-state index contributed by atoms with van der Waals surface area (Å²) in [7, 11) is 0. The number of aryl methyl sites for hydroxylation is 1. The maximum Gasteiger partial charge on any atom is 0.223 e. The van der Waals surface area contributed by atoms with Crippen LogP contribution < -0.4 is 11.1 Å². The highest BCUT2D eigenvalue weighted by atomic mass is 35.5. The number of nitrogens with two attached hydrogens (primary N) is 1. The molecule has 7 heteroatoms. The molecule has 1 fully saturated rings. The summed E-state index contributed by atoms with van der Waals surface area (Å²) in [4.78, 5) is 12.5. The van der Waals surface area contributed by atoms with Crippen molar-refractivity contribution in [1.29, 1.82) is 0 Å². The number of nitrogens with zero attached hydrogens (tertiary/aromatic N) is 3. The highest BCUT2D eigenvalue weighted by Gasteiger charge is 2.25. The van der Waals surface area contributed by atoms with Crippen LogP contribution in [0.15, 0.2) is 18.3 Å². The molecule has 4 N–H and O–H groups in total. The van der Waals surface area contributed by atoms with Crippen LogP contribution in [0, 0.1) is 24.7 Å². The first-order chi connectivity index (χ1) is 12.0. The van der Waals surface area contributed by atoms with Gasteiger partial charge in [-0.25, -0.2) is 0 Å². The van der Waals surface area contributed by atoms with Gasteiger partial charge < -0.3 is 16.2 Å². The van der Waals surface area contributed by atoms with Crippen LogP contribution in [0.1, 0.15) is 36.1 Å². The summed E-state index contributed by atoms with van der Waals surface area (Å²) in [5.41, 5.74) is 7.97. The summed E-state index contributed by atoms with van der Waals surface area (Å²) in [6, 6.07) is 4.01. The van der Waals surface area contributed by atoms with E-state index in [1.54, 1.807) is 6.20 Å². The van der Waals surface area contributed by atoms with Gasteiger partial charge in [0.15, 0.2) is 5.15 Å². The number of pyridine rings is 1. The van der Waals surface area contributed by atoms with Crippen LogP contribution in [0.5, 0.6) is 0 Å². The quantitative estimate of drug-likeness (QED) is 0.576. The number of aliphatic hydroxyl groups excluding tert-OH is 1. The van der Waals surface area contributed by atoms with Crippen molar-refractivity contribution in [3.63, 3.8) is 0 Å². The number of halogens is 1. The first kappa shape index (κ1) is 17.5. The van der Waals surface area contributed by atoms with Crippen molar-refractivity contribution in [3.05, 3.63) is 40.3 Å². The van der Waals surface area contributed by atoms with E-state index in [1.165, 1.54) is 0 Å². The third kappa shape index (κ3) is 4.38. The monoisotopic (exact) mass is 357 g/mol. The van der Waals surface area contributed by atoms with Crippen molar-refractivity contribution in [3.8, 4) is 11.8 Å². The number of nitrogens with one attached hydrogen (secondary N) is 1. The van der Waals surface area contributed by atoms with Crippen molar-refractivity contribution in [2.45, 2.75) is 32.2 Å². The van der Waals surface area contributed by atoms with Gasteiger partial charge in [0.1, 0.15) is 11.4 Å². The second kappa shape index (κ2) is 7.68. The molecule has 3 rings (SSSR count). The second-order valence-electron chi connectivity index (χ2n) is 6.24. The topological polar surface area (TPSA) is 97.0 Å². The number of nitrogen functional groups attached to an aromatic ring is 1. The lowest BCUT2D eigenvalue weighted by atomic mass is 10.1. The van der Waals surface area contributed by atoms with E-state index in [4.69, 9.17) is 17.3 Å². The van der Waals surface area contributed by atoms with Gasteiger partial charge in [0.05, 0.1) is 0 Å². The Labute approximate surface area is 151 Å². The van der Waals surface area contributed by atoms with Crippen LogP contribution in [0.2, 0.25) is 5.15 Å². The van der Waals surface area contributed by atoms with Gasteiger partial charge in [-0.2, -0.15) is 9.97 Å². The predicted octanol–water partition coefficient (Wildman–Crippen LogP) is 2.39. The molecule has 2 aromatic rings. The average Bonchev–Trinajstić information content (AvgIpc) is 3.03. The Hall–Kier alpha value is -2.36. The van der Waals surface area contributed by atoms with Crippen LogP contribution in [-0.4, -0.2) is 32.7 Å². The SMILES string of the molecule is Cc1ccc(C#Cc2c(Cl)nc(N)nc2NC2CCC(CO)C2)cn1. The fourth-order valence-corrected chi connectivity index (χ4v) is 3.13. The largest absolute Gasteiger partial charge is 0.396 e. The molecule has 25 heavy (non-hydrogen) atoms. The number of anilines is 2. The van der Waals surface area contributed by atoms with Gasteiger partial charge in [-0.1, -0.05) is 23.4 Å². The Balaban J connectivity index is 1.87. The van der Waals surface area contributed by atoms with Crippen molar-refractivity contribution in [2.24, 2.45) is 5.92 Å². The van der Waals surface area contributed by atoms with Gasteiger partial charge in [0, 0.05) is 30.1 Å². The molecule has 0 spiro atoms. The van der Waals surface area contributed by atoms with E-state index in [0.29, 0.717) is 17.3 Å². The number of hydrogen-bond acceptors (Lipinski definition) is 6. The van der Waals surface area contributed by atoms with Crippen LogP contribution in [0.25, 0.3) is 0 Å². The first-order valence-electron chi connectivity index (χ1n) is 8.20. The van der Waals surface area contributed by atoms with Gasteiger partial charge in [-0.3, -0.25) is 4.98 Å². The van der Waals surface area contributed by atoms with Crippen molar-refractivity contribution < 1.29 is 5.11 Å². The van der Waals surface area contributed by atoms with Crippen molar-refractivity contribution in [1.82, 2.24) is 15.0 Å². The fraction of sp³-hybridized carbons (Fsp3) is 0.389. The molecule has 1 aliphatic rings. The Morgan fingerprint density at radius 2 is 2.16 bits per heavy atom. The molecule has 0 bridgehead atoms. The summed E-state index contributed by atoms with van der Waals surface area (Å²) in [6.45, 7) is 2.13. The zero-order valence-electron chi connectivity index (χ0n) is 14.0. The molecule has 0 aromatic carbocycles. The Bertz CT molecular complexity index is 813. The van der Waals surface area contributed by atoms with Crippen molar-refractivity contribution in [2.75, 3.05) is 17.7 Å². The summed E-state index contributed by atoms with van der Waals surface area (Å²) < 4.78 is 0. The minimum Gasteiger partial charge on any atom is -0.396 e. The number of rotatable bonds is 3. The number of hydrogen-bond donors (Lipinski definition) is 3. The zero-order valence-corrected chi connectivity index (χ0v) is 14.7. The Kier molecular flexibility index (Phi) is 5.37. The maximum absolute atomic E-state index is 9.30. The van der Waals surface area contributed by atoms with E-state index in [1.807, 2.05) is 19.1 Å². The molecule has 0 saturated heterocycles. The Morgan fingerprint density at radius 3 is 2.84 bits per heavy atom. The van der Waals surface area contributed by atoms with Crippen LogP contribution >= 0.6 is 11.6 Å². The van der Waals surface area contributed by atoms with E-state index >= 15 is 0 Å². The second-order valence-corrected chi connectivity index (χ2v) is 6.60. The molecule has 2 atom stereocenters. The lowest BCUT2D eigenvalue weighted by Gasteiger charge is -2.15. The molecule has 1 aliphatic carbocycles. The Morgan fingerprint density at radius 1 is 1.32 bits per heavy atom. The van der Waals surface area contributed by atoms with E-state index in [-0.39, 0.29) is 23.8 Å². The highest BCUT2D eigenvalue weighted by Crippen LogP contribution is 2.29. The van der Waals surface area contributed by atoms with Gasteiger partial charge in [0.25, 0.3) is 0 Å². The summed E-state index contributed by atoms with van der Waals surface area (Å²) >= 11 is 6.24. The van der Waals surface area contributed by atoms with Gasteiger partial charge in [-0.15, -0.1) is 0 Å². The van der Waals surface area contributed by atoms with Crippen molar-refractivity contribution >= 4 is 23.4 Å². The summed E-state index contributed by atoms with van der Waals surface area (Å²) in [5.74, 6) is 7.02. The van der Waals surface area contributed by atoms with Gasteiger partial charge in [-0.05, 0) is 44.2 Å². The zero-order chi connectivity index (χ0) is 17.8. The highest BCUT2D eigenvalue weighted by molar-refractivity contribution is 6.31. The lowest BCUT2D eigenvalue weighted by Crippen LogP contribution is -2.19. The van der Waals surface area contributed by atoms with Gasteiger partial charge >= 0.3 is 0 Å². The fourth-order valence-electron chi connectivity index (χ4n) is 2.91. The summed E-state index contributed by atoms with van der Waals surface area (Å²) in [6.07, 6.45) is 4.54. The molecule has 2 unspecified atom stereocenters. The van der Waals surface area contributed by atoms with E-state index < -0.39 is 0 Å². The van der Waals surface area contributed by atoms with Crippen LogP contribution in [0.4, 0.5) is 11.8 Å². The molecule has 1 saturated carbocycles.